The van der Waals surface area contributed by atoms with Crippen LogP contribution >= 0.6 is 0 Å². The molecule has 0 spiro atoms. The van der Waals surface area contributed by atoms with Gasteiger partial charge in [-0.2, -0.15) is 17.8 Å². The predicted octanol–water partition coefficient (Wildman–Crippen LogP) is 0.490. The second-order valence-corrected chi connectivity index (χ2v) is 6.71. The van der Waals surface area contributed by atoms with Crippen LogP contribution in [0.2, 0.25) is 0 Å². The topological polar surface area (TPSA) is 121 Å². The molecule has 8 nitrogen and oxygen atoms in total. The molecule has 0 atom stereocenters. The molecular weight excluding hydrogens is 306 g/mol. The van der Waals surface area contributed by atoms with E-state index in [0.29, 0.717) is 22.6 Å². The predicted molar refractivity (Wildman–Crippen MR) is 80.1 cm³/mol. The van der Waals surface area contributed by atoms with Gasteiger partial charge in [-0.05, 0) is 19.1 Å². The molecule has 116 valence electrons. The number of rotatable bonds is 3. The fourth-order valence-corrected chi connectivity index (χ4v) is 2.98. The van der Waals surface area contributed by atoms with Crippen molar-refractivity contribution in [2.24, 2.45) is 5.14 Å². The Labute approximate surface area is 127 Å². The molecule has 3 rings (SSSR count). The van der Waals surface area contributed by atoms with E-state index in [2.05, 4.69) is 15.5 Å². The first kappa shape index (κ1) is 14.7. The largest absolute Gasteiger partial charge is 0.305 e. The number of fused-ring (bicyclic) bond motifs is 1. The molecule has 1 aromatic heterocycles. The second kappa shape index (κ2) is 5.20. The molecule has 1 aliphatic rings. The van der Waals surface area contributed by atoms with Crippen molar-refractivity contribution in [3.8, 4) is 0 Å². The molecule has 2 heterocycles. The Hall–Kier alpha value is -2.23. The Kier molecular flexibility index (Phi) is 3.47. The number of hydrogen-bond acceptors (Lipinski definition) is 4. The van der Waals surface area contributed by atoms with Crippen LogP contribution in [0.5, 0.6) is 0 Å². The molecule has 0 aliphatic carbocycles. The number of aryl methyl sites for hydroxylation is 1. The van der Waals surface area contributed by atoms with Gasteiger partial charge in [-0.25, -0.2) is 5.14 Å². The van der Waals surface area contributed by atoms with Crippen LogP contribution in [0.1, 0.15) is 27.2 Å². The van der Waals surface area contributed by atoms with E-state index in [1.165, 1.54) is 0 Å². The van der Waals surface area contributed by atoms with Gasteiger partial charge < -0.3 is 5.32 Å². The number of nitrogens with one attached hydrogen (secondary N) is 2. The van der Waals surface area contributed by atoms with E-state index in [0.717, 1.165) is 9.87 Å². The Morgan fingerprint density at radius 1 is 1.41 bits per heavy atom. The minimum atomic E-state index is -3.77. The van der Waals surface area contributed by atoms with Gasteiger partial charge in [0, 0.05) is 17.7 Å². The van der Waals surface area contributed by atoms with Gasteiger partial charge in [0.05, 0.1) is 12.2 Å². The lowest BCUT2D eigenvalue weighted by atomic mass is 10.1. The van der Waals surface area contributed by atoms with E-state index in [9.17, 15) is 13.2 Å². The van der Waals surface area contributed by atoms with E-state index in [4.69, 9.17) is 5.14 Å². The second-order valence-electron chi connectivity index (χ2n) is 5.17. The van der Waals surface area contributed by atoms with Gasteiger partial charge in [-0.3, -0.25) is 9.89 Å². The summed E-state index contributed by atoms with van der Waals surface area (Å²) in [5.74, 6) is 0.0275. The van der Waals surface area contributed by atoms with Gasteiger partial charge in [-0.1, -0.05) is 17.7 Å². The minimum Gasteiger partial charge on any atom is -0.305 e. The van der Waals surface area contributed by atoms with Crippen molar-refractivity contribution in [3.05, 3.63) is 46.6 Å². The van der Waals surface area contributed by atoms with Gasteiger partial charge in [0.15, 0.2) is 5.82 Å². The normalized spacial score (nSPS) is 14.8. The quantitative estimate of drug-likeness (QED) is 0.761. The minimum absolute atomic E-state index is 0.0914. The summed E-state index contributed by atoms with van der Waals surface area (Å²) in [4.78, 5) is 12.2. The average Bonchev–Trinajstić information content (AvgIpc) is 3.00. The molecule has 9 heteroatoms. The summed E-state index contributed by atoms with van der Waals surface area (Å²) in [6.07, 6.45) is 0. The van der Waals surface area contributed by atoms with Crippen molar-refractivity contribution in [1.29, 1.82) is 0 Å². The molecule has 1 aromatic carbocycles. The van der Waals surface area contributed by atoms with Gasteiger partial charge in [-0.15, -0.1) is 0 Å². The fourth-order valence-electron chi connectivity index (χ4n) is 2.36. The molecule has 0 radical (unpaired) electrons. The average molecular weight is 321 g/mol. The number of benzene rings is 1. The number of aromatic amines is 1. The molecule has 0 saturated carbocycles. The van der Waals surface area contributed by atoms with Crippen molar-refractivity contribution in [1.82, 2.24) is 14.5 Å². The molecule has 0 saturated heterocycles. The summed E-state index contributed by atoms with van der Waals surface area (Å²) in [5, 5.41) is 14.6. The molecule has 1 amide bonds. The fraction of sp³-hybridized carbons (Fsp3) is 0.231. The zero-order chi connectivity index (χ0) is 15.9. The molecular formula is C13H15N5O3S. The summed E-state index contributed by atoms with van der Waals surface area (Å²) in [7, 11) is -3.77. The first-order valence-corrected chi connectivity index (χ1v) is 8.07. The Bertz CT molecular complexity index is 843. The highest BCUT2D eigenvalue weighted by Gasteiger charge is 2.31. The van der Waals surface area contributed by atoms with E-state index in [-0.39, 0.29) is 19.0 Å². The maximum absolute atomic E-state index is 12.2. The highest BCUT2D eigenvalue weighted by molar-refractivity contribution is 7.86. The van der Waals surface area contributed by atoms with Crippen LogP contribution in [-0.2, 0) is 23.3 Å². The van der Waals surface area contributed by atoms with Crippen LogP contribution in [0.3, 0.4) is 0 Å². The van der Waals surface area contributed by atoms with E-state index in [1.54, 1.807) is 18.2 Å². The lowest BCUT2D eigenvalue weighted by Crippen LogP contribution is -2.32. The van der Waals surface area contributed by atoms with Crippen LogP contribution < -0.4 is 10.5 Å². The number of nitrogens with two attached hydrogens (primary N) is 1. The maximum Gasteiger partial charge on any atom is 0.277 e. The molecule has 0 bridgehead atoms. The Balaban J connectivity index is 1.81. The van der Waals surface area contributed by atoms with Crippen molar-refractivity contribution >= 4 is 21.9 Å². The Morgan fingerprint density at radius 2 is 2.18 bits per heavy atom. The molecule has 22 heavy (non-hydrogen) atoms. The molecule has 0 fully saturated rings. The van der Waals surface area contributed by atoms with E-state index < -0.39 is 10.2 Å². The Morgan fingerprint density at radius 3 is 2.86 bits per heavy atom. The van der Waals surface area contributed by atoms with Crippen LogP contribution in [-0.4, -0.2) is 28.8 Å². The zero-order valence-electron chi connectivity index (χ0n) is 11.8. The van der Waals surface area contributed by atoms with Gasteiger partial charge >= 0.3 is 0 Å². The van der Waals surface area contributed by atoms with Crippen LogP contribution in [0, 0.1) is 6.92 Å². The molecule has 4 N–H and O–H groups in total. The van der Waals surface area contributed by atoms with Crippen molar-refractivity contribution in [2.75, 3.05) is 5.32 Å². The third-order valence-corrected chi connectivity index (χ3v) is 4.47. The number of amides is 1. The van der Waals surface area contributed by atoms with E-state index >= 15 is 0 Å². The lowest BCUT2D eigenvalue weighted by Gasteiger charge is -2.11. The van der Waals surface area contributed by atoms with Crippen LogP contribution in [0.25, 0.3) is 0 Å². The zero-order valence-corrected chi connectivity index (χ0v) is 12.6. The highest BCUT2D eigenvalue weighted by Crippen LogP contribution is 2.28. The van der Waals surface area contributed by atoms with Gasteiger partial charge in [0.25, 0.3) is 16.1 Å². The standard InChI is InChI=1S/C13H15N5O3S/c1-8-3-2-4-9(5-8)13(19)15-12-10-6-18(22(14,20)21)7-11(10)16-17-12/h2-5H,6-7H2,1H3,(H2,14,20,21)(H2,15,16,17,19). The number of carbonyl (C=O) groups excluding carboxylic acids is 1. The van der Waals surface area contributed by atoms with Gasteiger partial charge in [0.1, 0.15) is 0 Å². The molecule has 0 unspecified atom stereocenters. The summed E-state index contributed by atoms with van der Waals surface area (Å²) in [6, 6.07) is 7.15. The number of carbonyl (C=O) groups is 1. The lowest BCUT2D eigenvalue weighted by molar-refractivity contribution is 0.102. The van der Waals surface area contributed by atoms with Crippen LogP contribution in [0.4, 0.5) is 5.82 Å². The van der Waals surface area contributed by atoms with Crippen molar-refractivity contribution < 1.29 is 13.2 Å². The summed E-state index contributed by atoms with van der Waals surface area (Å²) >= 11 is 0. The SMILES string of the molecule is Cc1cccc(C(=O)Nc2n[nH]c3c2CN(S(N)(=O)=O)C3)c1. The number of anilines is 1. The van der Waals surface area contributed by atoms with Crippen molar-refractivity contribution in [3.63, 3.8) is 0 Å². The number of H-pyrrole nitrogens is 1. The number of nitrogens with zero attached hydrogens (tertiary/aromatic N) is 2. The molecule has 1 aliphatic heterocycles. The number of hydrogen-bond donors (Lipinski definition) is 3. The van der Waals surface area contributed by atoms with Crippen LogP contribution in [0.15, 0.2) is 24.3 Å². The van der Waals surface area contributed by atoms with Crippen molar-refractivity contribution in [2.45, 2.75) is 20.0 Å². The summed E-state index contributed by atoms with van der Waals surface area (Å²) in [5.41, 5.74) is 2.75. The third kappa shape index (κ3) is 2.73. The molecule has 2 aromatic rings. The van der Waals surface area contributed by atoms with Gasteiger partial charge in [0.2, 0.25) is 0 Å². The summed E-state index contributed by atoms with van der Waals surface area (Å²) < 4.78 is 23.9. The third-order valence-electron chi connectivity index (χ3n) is 3.49. The van der Waals surface area contributed by atoms with E-state index in [1.807, 2.05) is 13.0 Å². The summed E-state index contributed by atoms with van der Waals surface area (Å²) in [6.45, 7) is 2.11. The smallest absolute Gasteiger partial charge is 0.277 e. The highest BCUT2D eigenvalue weighted by atomic mass is 32.2. The first-order valence-electron chi connectivity index (χ1n) is 6.56. The monoisotopic (exact) mass is 321 g/mol. The first-order chi connectivity index (χ1) is 10.3. The maximum atomic E-state index is 12.2. The number of aromatic nitrogens is 2.